The second-order valence-corrected chi connectivity index (χ2v) is 5.28. The Bertz CT molecular complexity index is 516. The van der Waals surface area contributed by atoms with Crippen molar-refractivity contribution in [3.05, 3.63) is 34.2 Å². The molecule has 0 atom stereocenters. The van der Waals surface area contributed by atoms with Crippen molar-refractivity contribution in [2.75, 3.05) is 6.54 Å². The second kappa shape index (κ2) is 5.57. The summed E-state index contributed by atoms with van der Waals surface area (Å²) in [6, 6.07) is 4.57. The van der Waals surface area contributed by atoms with Crippen LogP contribution >= 0.6 is 0 Å². The lowest BCUT2D eigenvalue weighted by Gasteiger charge is -2.32. The molecular formula is C14H20N2O3. The van der Waals surface area contributed by atoms with Crippen LogP contribution < -0.4 is 10.9 Å². The number of aromatic nitrogens is 1. The fraction of sp³-hybridized carbons (Fsp3) is 0.571. The molecule has 0 spiro atoms. The maximum Gasteiger partial charge on any atom is 0.268 e. The van der Waals surface area contributed by atoms with E-state index in [9.17, 15) is 14.7 Å². The van der Waals surface area contributed by atoms with Gasteiger partial charge in [0, 0.05) is 19.7 Å². The van der Waals surface area contributed by atoms with Crippen molar-refractivity contribution >= 4 is 5.91 Å². The van der Waals surface area contributed by atoms with Gasteiger partial charge in [0.2, 0.25) is 0 Å². The molecule has 0 bridgehead atoms. The third-order valence-corrected chi connectivity index (χ3v) is 3.78. The summed E-state index contributed by atoms with van der Waals surface area (Å²) in [5.41, 5.74) is -0.697. The van der Waals surface area contributed by atoms with Crippen molar-refractivity contribution in [2.45, 2.75) is 37.7 Å². The predicted octanol–water partition coefficient (Wildman–Crippen LogP) is 0.810. The molecule has 1 saturated carbocycles. The van der Waals surface area contributed by atoms with Gasteiger partial charge < -0.3 is 15.0 Å². The van der Waals surface area contributed by atoms with Crippen molar-refractivity contribution in [3.8, 4) is 0 Å². The van der Waals surface area contributed by atoms with Crippen molar-refractivity contribution in [1.82, 2.24) is 9.88 Å². The third kappa shape index (κ3) is 3.23. The van der Waals surface area contributed by atoms with Crippen LogP contribution in [0.25, 0.3) is 0 Å². The first kappa shape index (κ1) is 13.8. The van der Waals surface area contributed by atoms with Gasteiger partial charge in [-0.3, -0.25) is 9.59 Å². The summed E-state index contributed by atoms with van der Waals surface area (Å²) in [5, 5.41) is 13.0. The molecule has 1 aliphatic rings. The molecule has 1 heterocycles. The van der Waals surface area contributed by atoms with Crippen molar-refractivity contribution in [1.29, 1.82) is 0 Å². The number of nitrogens with zero attached hydrogens (tertiary/aromatic N) is 1. The van der Waals surface area contributed by atoms with Gasteiger partial charge in [0.15, 0.2) is 0 Å². The van der Waals surface area contributed by atoms with Crippen LogP contribution in [0.15, 0.2) is 23.0 Å². The molecule has 0 saturated heterocycles. The lowest BCUT2D eigenvalue weighted by Crippen LogP contribution is -2.45. The first-order valence-corrected chi connectivity index (χ1v) is 6.68. The summed E-state index contributed by atoms with van der Waals surface area (Å²) < 4.78 is 1.31. The summed E-state index contributed by atoms with van der Waals surface area (Å²) in [6.45, 7) is 0.245. The van der Waals surface area contributed by atoms with Gasteiger partial charge in [0.1, 0.15) is 5.69 Å². The highest BCUT2D eigenvalue weighted by molar-refractivity contribution is 5.92. The van der Waals surface area contributed by atoms with E-state index in [0.717, 1.165) is 32.1 Å². The number of carbonyl (C=O) groups excluding carboxylic acids is 1. The van der Waals surface area contributed by atoms with Crippen LogP contribution in [0.4, 0.5) is 0 Å². The predicted molar refractivity (Wildman–Crippen MR) is 72.1 cm³/mol. The van der Waals surface area contributed by atoms with Crippen molar-refractivity contribution < 1.29 is 9.90 Å². The van der Waals surface area contributed by atoms with Crippen molar-refractivity contribution in [2.24, 2.45) is 7.05 Å². The van der Waals surface area contributed by atoms with Crippen LogP contribution in [0.5, 0.6) is 0 Å². The SMILES string of the molecule is Cn1c(C(=O)NCC2(O)CCCCC2)cccc1=O. The number of aliphatic hydroxyl groups is 1. The second-order valence-electron chi connectivity index (χ2n) is 5.28. The molecule has 1 amide bonds. The standard InChI is InChI=1S/C14H20N2O3/c1-16-11(6-5-7-12(16)17)13(18)15-10-14(19)8-3-2-4-9-14/h5-7,19H,2-4,8-10H2,1H3,(H,15,18). The van der Waals surface area contributed by atoms with E-state index in [1.54, 1.807) is 19.2 Å². The maximum absolute atomic E-state index is 12.0. The summed E-state index contributed by atoms with van der Waals surface area (Å²) in [5.74, 6) is -0.320. The highest BCUT2D eigenvalue weighted by atomic mass is 16.3. The summed E-state index contributed by atoms with van der Waals surface area (Å²) >= 11 is 0. The van der Waals surface area contributed by atoms with E-state index < -0.39 is 5.60 Å². The zero-order valence-electron chi connectivity index (χ0n) is 11.2. The van der Waals surface area contributed by atoms with Gasteiger partial charge in [-0.25, -0.2) is 0 Å². The molecule has 0 unspecified atom stereocenters. The number of carbonyl (C=O) groups is 1. The van der Waals surface area contributed by atoms with Gasteiger partial charge in [-0.15, -0.1) is 0 Å². The normalized spacial score (nSPS) is 18.0. The van der Waals surface area contributed by atoms with Crippen LogP contribution in [-0.2, 0) is 7.05 Å². The van der Waals surface area contributed by atoms with E-state index in [0.29, 0.717) is 5.69 Å². The molecule has 1 fully saturated rings. The van der Waals surface area contributed by atoms with Crippen molar-refractivity contribution in [3.63, 3.8) is 0 Å². The van der Waals surface area contributed by atoms with Crippen LogP contribution in [-0.4, -0.2) is 27.7 Å². The minimum Gasteiger partial charge on any atom is -0.388 e. The lowest BCUT2D eigenvalue weighted by molar-refractivity contribution is 0.00517. The Morgan fingerprint density at radius 2 is 2.05 bits per heavy atom. The molecule has 2 rings (SSSR count). The van der Waals surface area contributed by atoms with Crippen LogP contribution in [0, 0.1) is 0 Å². The Morgan fingerprint density at radius 3 is 2.74 bits per heavy atom. The van der Waals surface area contributed by atoms with Crippen LogP contribution in [0.2, 0.25) is 0 Å². The largest absolute Gasteiger partial charge is 0.388 e. The minimum absolute atomic E-state index is 0.218. The van der Waals surface area contributed by atoms with E-state index in [1.165, 1.54) is 10.6 Å². The topological polar surface area (TPSA) is 71.3 Å². The number of amides is 1. The average Bonchev–Trinajstić information content (AvgIpc) is 2.40. The number of rotatable bonds is 3. The number of nitrogens with one attached hydrogen (secondary N) is 1. The van der Waals surface area contributed by atoms with Gasteiger partial charge >= 0.3 is 0 Å². The zero-order chi connectivity index (χ0) is 13.9. The summed E-state index contributed by atoms with van der Waals surface area (Å²) in [6.07, 6.45) is 4.58. The molecule has 104 valence electrons. The molecule has 5 heteroatoms. The smallest absolute Gasteiger partial charge is 0.268 e. The first-order chi connectivity index (χ1) is 9.02. The Balaban J connectivity index is 2.01. The van der Waals surface area contributed by atoms with E-state index in [2.05, 4.69) is 5.32 Å². The van der Waals surface area contributed by atoms with Gasteiger partial charge in [-0.05, 0) is 18.9 Å². The van der Waals surface area contributed by atoms with Gasteiger partial charge in [0.25, 0.3) is 11.5 Å². The number of pyridine rings is 1. The minimum atomic E-state index is -0.790. The molecule has 0 aliphatic heterocycles. The zero-order valence-corrected chi connectivity index (χ0v) is 11.2. The number of hydrogen-bond donors (Lipinski definition) is 2. The quantitative estimate of drug-likeness (QED) is 0.848. The molecule has 1 aromatic heterocycles. The molecular weight excluding hydrogens is 244 g/mol. The van der Waals surface area contributed by atoms with E-state index in [1.807, 2.05) is 0 Å². The first-order valence-electron chi connectivity index (χ1n) is 6.68. The molecule has 0 aromatic carbocycles. The molecule has 19 heavy (non-hydrogen) atoms. The highest BCUT2D eigenvalue weighted by Gasteiger charge is 2.29. The number of hydrogen-bond acceptors (Lipinski definition) is 3. The molecule has 5 nitrogen and oxygen atoms in total. The van der Waals surface area contributed by atoms with Gasteiger partial charge in [0.05, 0.1) is 5.60 Å². The van der Waals surface area contributed by atoms with Gasteiger partial charge in [-0.1, -0.05) is 25.3 Å². The monoisotopic (exact) mass is 264 g/mol. The Labute approximate surface area is 112 Å². The Hall–Kier alpha value is -1.62. The fourth-order valence-electron chi connectivity index (χ4n) is 2.51. The average molecular weight is 264 g/mol. The Morgan fingerprint density at radius 1 is 1.37 bits per heavy atom. The lowest BCUT2D eigenvalue weighted by atomic mass is 9.85. The fourth-order valence-corrected chi connectivity index (χ4v) is 2.51. The Kier molecular flexibility index (Phi) is 4.04. The summed E-state index contributed by atoms with van der Waals surface area (Å²) in [7, 11) is 1.56. The molecule has 1 aromatic rings. The van der Waals surface area contributed by atoms with E-state index in [-0.39, 0.29) is 18.0 Å². The molecule has 0 radical (unpaired) electrons. The third-order valence-electron chi connectivity index (χ3n) is 3.78. The van der Waals surface area contributed by atoms with E-state index >= 15 is 0 Å². The van der Waals surface area contributed by atoms with Crippen LogP contribution in [0.1, 0.15) is 42.6 Å². The molecule has 1 aliphatic carbocycles. The molecule has 2 N–H and O–H groups in total. The van der Waals surface area contributed by atoms with E-state index in [4.69, 9.17) is 0 Å². The van der Waals surface area contributed by atoms with Gasteiger partial charge in [-0.2, -0.15) is 0 Å². The maximum atomic E-state index is 12.0. The summed E-state index contributed by atoms with van der Waals surface area (Å²) in [4.78, 5) is 23.5. The highest BCUT2D eigenvalue weighted by Crippen LogP contribution is 2.27. The van der Waals surface area contributed by atoms with Crippen LogP contribution in [0.3, 0.4) is 0 Å².